The second kappa shape index (κ2) is 3.95. The van der Waals surface area contributed by atoms with E-state index in [-0.39, 0.29) is 0 Å². The van der Waals surface area contributed by atoms with Crippen LogP contribution in [0.1, 0.15) is 0 Å². The molecular formula is C15H17N3. The van der Waals surface area contributed by atoms with E-state index in [1.807, 2.05) is 6.20 Å². The molecule has 2 aliphatic rings. The Balaban J connectivity index is 1.75. The van der Waals surface area contributed by atoms with Crippen LogP contribution < -0.4 is 10.2 Å². The molecule has 0 radical (unpaired) electrons. The van der Waals surface area contributed by atoms with Crippen LogP contribution >= 0.6 is 0 Å². The molecular weight excluding hydrogens is 222 g/mol. The SMILES string of the molecule is c1ccc2c(N3CC4CNCC4C3)ccnc2c1. The molecule has 0 aliphatic carbocycles. The number of fused-ring (bicyclic) bond motifs is 2. The quantitative estimate of drug-likeness (QED) is 0.823. The summed E-state index contributed by atoms with van der Waals surface area (Å²) in [5.41, 5.74) is 2.46. The van der Waals surface area contributed by atoms with Crippen molar-refractivity contribution in [3.8, 4) is 0 Å². The summed E-state index contributed by atoms with van der Waals surface area (Å²) < 4.78 is 0. The van der Waals surface area contributed by atoms with Crippen LogP contribution in [0.5, 0.6) is 0 Å². The molecule has 2 aliphatic heterocycles. The lowest BCUT2D eigenvalue weighted by Gasteiger charge is -2.21. The summed E-state index contributed by atoms with van der Waals surface area (Å²) in [6.07, 6.45) is 1.93. The minimum absolute atomic E-state index is 0.830. The Labute approximate surface area is 107 Å². The number of pyridine rings is 1. The number of nitrogens with one attached hydrogen (secondary N) is 1. The zero-order valence-electron chi connectivity index (χ0n) is 10.3. The van der Waals surface area contributed by atoms with Crippen LogP contribution in [0.4, 0.5) is 5.69 Å². The standard InChI is InChI=1S/C15H17N3/c1-2-4-14-13(3-1)15(5-6-17-14)18-9-11-7-16-8-12(11)10-18/h1-6,11-12,16H,7-10H2. The van der Waals surface area contributed by atoms with Crippen molar-refractivity contribution in [2.45, 2.75) is 0 Å². The van der Waals surface area contributed by atoms with Gasteiger partial charge in [0.2, 0.25) is 0 Å². The molecule has 3 heterocycles. The van der Waals surface area contributed by atoms with Gasteiger partial charge in [-0.25, -0.2) is 0 Å². The van der Waals surface area contributed by atoms with Gasteiger partial charge in [0.15, 0.2) is 0 Å². The van der Waals surface area contributed by atoms with Crippen molar-refractivity contribution < 1.29 is 0 Å². The third kappa shape index (κ3) is 1.51. The first-order valence-electron chi connectivity index (χ1n) is 6.71. The molecule has 1 aromatic carbocycles. The minimum atomic E-state index is 0.830. The molecule has 2 fully saturated rings. The maximum Gasteiger partial charge on any atom is 0.0722 e. The predicted molar refractivity (Wildman–Crippen MR) is 73.8 cm³/mol. The van der Waals surface area contributed by atoms with E-state index in [0.717, 1.165) is 17.4 Å². The van der Waals surface area contributed by atoms with Gasteiger partial charge in [-0.05, 0) is 24.0 Å². The number of hydrogen-bond donors (Lipinski definition) is 1. The minimum Gasteiger partial charge on any atom is -0.370 e. The number of para-hydroxylation sites is 1. The molecule has 3 heteroatoms. The number of anilines is 1. The normalized spacial score (nSPS) is 26.8. The molecule has 0 saturated carbocycles. The average molecular weight is 239 g/mol. The van der Waals surface area contributed by atoms with Crippen LogP contribution in [-0.4, -0.2) is 31.2 Å². The third-order valence-corrected chi connectivity index (χ3v) is 4.36. The molecule has 0 amide bonds. The van der Waals surface area contributed by atoms with E-state index in [4.69, 9.17) is 0 Å². The predicted octanol–water partition coefficient (Wildman–Crippen LogP) is 1.89. The van der Waals surface area contributed by atoms with Crippen molar-refractivity contribution in [2.75, 3.05) is 31.1 Å². The van der Waals surface area contributed by atoms with Crippen LogP contribution in [-0.2, 0) is 0 Å². The van der Waals surface area contributed by atoms with Gasteiger partial charge >= 0.3 is 0 Å². The van der Waals surface area contributed by atoms with E-state index in [1.54, 1.807) is 0 Å². The second-order valence-corrected chi connectivity index (χ2v) is 5.43. The van der Waals surface area contributed by atoms with Crippen molar-refractivity contribution >= 4 is 16.6 Å². The third-order valence-electron chi connectivity index (χ3n) is 4.36. The average Bonchev–Trinajstić information content (AvgIpc) is 2.99. The van der Waals surface area contributed by atoms with Gasteiger partial charge in [-0.2, -0.15) is 0 Å². The Bertz CT molecular complexity index is 563. The zero-order valence-corrected chi connectivity index (χ0v) is 10.3. The second-order valence-electron chi connectivity index (χ2n) is 5.43. The Morgan fingerprint density at radius 1 is 1.06 bits per heavy atom. The van der Waals surface area contributed by atoms with E-state index in [0.29, 0.717) is 0 Å². The molecule has 1 N–H and O–H groups in total. The Hall–Kier alpha value is -1.61. The van der Waals surface area contributed by atoms with Gasteiger partial charge in [0.1, 0.15) is 0 Å². The molecule has 2 saturated heterocycles. The highest BCUT2D eigenvalue weighted by Gasteiger charge is 2.36. The summed E-state index contributed by atoms with van der Waals surface area (Å²) >= 11 is 0. The smallest absolute Gasteiger partial charge is 0.0722 e. The van der Waals surface area contributed by atoms with E-state index in [9.17, 15) is 0 Å². The van der Waals surface area contributed by atoms with Gasteiger partial charge in [0.05, 0.1) is 5.52 Å². The van der Waals surface area contributed by atoms with Crippen molar-refractivity contribution in [3.05, 3.63) is 36.5 Å². The fraction of sp³-hybridized carbons (Fsp3) is 0.400. The van der Waals surface area contributed by atoms with Crippen LogP contribution in [0.2, 0.25) is 0 Å². The number of nitrogens with zero attached hydrogens (tertiary/aromatic N) is 2. The maximum absolute atomic E-state index is 4.45. The summed E-state index contributed by atoms with van der Waals surface area (Å²) in [5.74, 6) is 1.66. The largest absolute Gasteiger partial charge is 0.370 e. The van der Waals surface area contributed by atoms with Gasteiger partial charge in [-0.1, -0.05) is 18.2 Å². The Morgan fingerprint density at radius 2 is 1.83 bits per heavy atom. The van der Waals surface area contributed by atoms with Crippen LogP contribution in [0, 0.1) is 11.8 Å². The lowest BCUT2D eigenvalue weighted by molar-refractivity contribution is 0.533. The molecule has 2 atom stereocenters. The summed E-state index contributed by atoms with van der Waals surface area (Å²) in [5, 5.41) is 4.78. The fourth-order valence-electron chi connectivity index (χ4n) is 3.41. The van der Waals surface area contributed by atoms with Gasteiger partial charge in [-0.15, -0.1) is 0 Å². The molecule has 92 valence electrons. The Morgan fingerprint density at radius 3 is 2.67 bits per heavy atom. The highest BCUT2D eigenvalue weighted by molar-refractivity contribution is 5.91. The van der Waals surface area contributed by atoms with Crippen LogP contribution in [0.3, 0.4) is 0 Å². The molecule has 4 rings (SSSR count). The Kier molecular flexibility index (Phi) is 2.27. The maximum atomic E-state index is 4.45. The monoisotopic (exact) mass is 239 g/mol. The van der Waals surface area contributed by atoms with E-state index < -0.39 is 0 Å². The zero-order chi connectivity index (χ0) is 11.9. The van der Waals surface area contributed by atoms with Crippen molar-refractivity contribution in [3.63, 3.8) is 0 Å². The van der Waals surface area contributed by atoms with E-state index in [2.05, 4.69) is 45.5 Å². The lowest BCUT2D eigenvalue weighted by atomic mass is 10.0. The summed E-state index contributed by atoms with van der Waals surface area (Å²) in [6, 6.07) is 10.6. The molecule has 2 unspecified atom stereocenters. The van der Waals surface area contributed by atoms with Crippen molar-refractivity contribution in [1.29, 1.82) is 0 Å². The van der Waals surface area contributed by atoms with E-state index in [1.165, 1.54) is 37.3 Å². The number of hydrogen-bond acceptors (Lipinski definition) is 3. The first-order valence-corrected chi connectivity index (χ1v) is 6.71. The lowest BCUT2D eigenvalue weighted by Crippen LogP contribution is -2.25. The number of benzene rings is 1. The van der Waals surface area contributed by atoms with Gasteiger partial charge in [-0.3, -0.25) is 4.98 Å². The first-order chi connectivity index (χ1) is 8.92. The van der Waals surface area contributed by atoms with Crippen molar-refractivity contribution in [1.82, 2.24) is 10.3 Å². The fourth-order valence-corrected chi connectivity index (χ4v) is 3.41. The van der Waals surface area contributed by atoms with Gasteiger partial charge in [0.25, 0.3) is 0 Å². The highest BCUT2D eigenvalue weighted by Crippen LogP contribution is 2.33. The molecule has 3 nitrogen and oxygen atoms in total. The molecule has 0 bridgehead atoms. The molecule has 1 aromatic heterocycles. The molecule has 18 heavy (non-hydrogen) atoms. The first kappa shape index (κ1) is 10.3. The summed E-state index contributed by atoms with van der Waals surface area (Å²) in [6.45, 7) is 4.74. The highest BCUT2D eigenvalue weighted by atomic mass is 15.2. The number of rotatable bonds is 1. The molecule has 0 spiro atoms. The van der Waals surface area contributed by atoms with Crippen LogP contribution in [0.25, 0.3) is 10.9 Å². The number of aromatic nitrogens is 1. The van der Waals surface area contributed by atoms with Crippen molar-refractivity contribution in [2.24, 2.45) is 11.8 Å². The summed E-state index contributed by atoms with van der Waals surface area (Å²) in [7, 11) is 0. The van der Waals surface area contributed by atoms with Gasteiger partial charge < -0.3 is 10.2 Å². The topological polar surface area (TPSA) is 28.2 Å². The van der Waals surface area contributed by atoms with Gasteiger partial charge in [0, 0.05) is 43.4 Å². The molecule has 2 aromatic rings. The summed E-state index contributed by atoms with van der Waals surface area (Å²) in [4.78, 5) is 6.99. The van der Waals surface area contributed by atoms with Crippen LogP contribution in [0.15, 0.2) is 36.5 Å². The van der Waals surface area contributed by atoms with E-state index >= 15 is 0 Å².